The number of fused-ring (bicyclic) bond motifs is 1. The monoisotopic (exact) mass is 468 g/mol. The summed E-state index contributed by atoms with van der Waals surface area (Å²) in [5, 5.41) is 10.1. The maximum Gasteiger partial charge on any atom is 0.185 e. The molecule has 2 aromatic carbocycles. The van der Waals surface area contributed by atoms with Crippen molar-refractivity contribution < 1.29 is 9.53 Å². The quantitative estimate of drug-likeness (QED) is 0.319. The van der Waals surface area contributed by atoms with Gasteiger partial charge in [-0.2, -0.15) is 0 Å². The Morgan fingerprint density at radius 1 is 1.18 bits per heavy atom. The summed E-state index contributed by atoms with van der Waals surface area (Å²) in [6, 6.07) is 15.1. The normalized spacial score (nSPS) is 13.1. The van der Waals surface area contributed by atoms with Crippen LogP contribution in [0.5, 0.6) is 5.75 Å². The molecule has 34 heavy (non-hydrogen) atoms. The average molecular weight is 469 g/mol. The largest absolute Gasteiger partial charge is 0.487 e. The molecule has 1 aliphatic carbocycles. The summed E-state index contributed by atoms with van der Waals surface area (Å²) < 4.78 is 7.59. The van der Waals surface area contributed by atoms with Gasteiger partial charge in [0.2, 0.25) is 0 Å². The molecule has 0 saturated heterocycles. The molecule has 0 amide bonds. The first-order valence-corrected chi connectivity index (χ1v) is 11.2. The van der Waals surface area contributed by atoms with Gasteiger partial charge in [-0.1, -0.05) is 53.3 Å². The molecule has 0 N–H and O–H groups in total. The van der Waals surface area contributed by atoms with Gasteiger partial charge in [-0.05, 0) is 61.4 Å². The third kappa shape index (κ3) is 4.82. The second-order valence-electron chi connectivity index (χ2n) is 7.95. The fourth-order valence-electron chi connectivity index (χ4n) is 3.72. The Kier molecular flexibility index (Phi) is 6.06. The van der Waals surface area contributed by atoms with E-state index in [0.29, 0.717) is 16.5 Å². The first-order chi connectivity index (χ1) is 16.5. The summed E-state index contributed by atoms with van der Waals surface area (Å²) in [5.74, 6) is 0.716. The van der Waals surface area contributed by atoms with Crippen molar-refractivity contribution in [2.24, 2.45) is 0 Å². The van der Waals surface area contributed by atoms with Gasteiger partial charge in [0.1, 0.15) is 18.1 Å². The molecule has 1 aliphatic rings. The van der Waals surface area contributed by atoms with Gasteiger partial charge in [0.25, 0.3) is 0 Å². The minimum atomic E-state index is 0.0107. The van der Waals surface area contributed by atoms with Crippen LogP contribution in [0.15, 0.2) is 84.6 Å². The molecule has 5 rings (SSSR count). The van der Waals surface area contributed by atoms with Gasteiger partial charge in [0.05, 0.1) is 17.4 Å². The number of aryl methyl sites for hydroxylation is 1. The van der Waals surface area contributed by atoms with E-state index in [1.54, 1.807) is 16.8 Å². The van der Waals surface area contributed by atoms with Gasteiger partial charge in [-0.15, -0.1) is 5.10 Å². The zero-order valence-electron chi connectivity index (χ0n) is 18.5. The molecule has 0 aliphatic heterocycles. The zero-order chi connectivity index (χ0) is 23.5. The number of rotatable bonds is 7. The fourth-order valence-corrected chi connectivity index (χ4v) is 3.89. The van der Waals surface area contributed by atoms with Crippen LogP contribution >= 0.6 is 11.6 Å². The van der Waals surface area contributed by atoms with Gasteiger partial charge in [0, 0.05) is 21.7 Å². The molecule has 0 radical (unpaired) electrons. The number of ether oxygens (including phenoxy) is 1. The Balaban J connectivity index is 1.25. The second-order valence-corrected chi connectivity index (χ2v) is 8.39. The van der Waals surface area contributed by atoms with Gasteiger partial charge in [0.15, 0.2) is 5.78 Å². The van der Waals surface area contributed by atoms with E-state index in [4.69, 9.17) is 16.3 Å². The van der Waals surface area contributed by atoms with E-state index >= 15 is 0 Å². The molecule has 6 nitrogen and oxygen atoms in total. The topological polar surface area (TPSA) is 69.9 Å². The van der Waals surface area contributed by atoms with Crippen molar-refractivity contribution in [2.75, 3.05) is 0 Å². The molecule has 0 spiro atoms. The molecule has 2 heterocycles. The predicted molar refractivity (Wildman–Crippen MR) is 133 cm³/mol. The van der Waals surface area contributed by atoms with Gasteiger partial charge < -0.3 is 4.74 Å². The predicted octanol–water partition coefficient (Wildman–Crippen LogP) is 5.82. The molecular formula is C27H21ClN4O2. The number of benzene rings is 2. The van der Waals surface area contributed by atoms with Crippen LogP contribution in [0.25, 0.3) is 22.7 Å². The number of hydrogen-bond donors (Lipinski definition) is 0. The number of aromatic nitrogens is 4. The molecule has 4 aromatic rings. The molecule has 0 fully saturated rings. The maximum absolute atomic E-state index is 12.1. The van der Waals surface area contributed by atoms with Crippen molar-refractivity contribution in [3.8, 4) is 11.4 Å². The number of nitrogens with zero attached hydrogens (tertiary/aromatic N) is 4. The summed E-state index contributed by atoms with van der Waals surface area (Å²) in [7, 11) is 0. The SMILES string of the molecule is Cc1cc(-n2cc(COc3ccc(/C=C/C(=O)C4=CCC=C4)cc3)nn2)c2cc(Cl)ccc2n1. The molecule has 0 atom stereocenters. The number of halogens is 1. The van der Waals surface area contributed by atoms with Crippen LogP contribution < -0.4 is 4.74 Å². The Hall–Kier alpha value is -4.03. The lowest BCUT2D eigenvalue weighted by molar-refractivity contribution is -0.111. The third-order valence-electron chi connectivity index (χ3n) is 5.41. The lowest BCUT2D eigenvalue weighted by Crippen LogP contribution is -1.99. The van der Waals surface area contributed by atoms with Crippen LogP contribution in [-0.4, -0.2) is 25.8 Å². The van der Waals surface area contributed by atoms with Gasteiger partial charge in [-0.3, -0.25) is 9.78 Å². The van der Waals surface area contributed by atoms with Crippen LogP contribution in [0.2, 0.25) is 5.02 Å². The van der Waals surface area contributed by atoms with Crippen molar-refractivity contribution >= 4 is 34.4 Å². The molecule has 0 bridgehead atoms. The van der Waals surface area contributed by atoms with Gasteiger partial charge >= 0.3 is 0 Å². The van der Waals surface area contributed by atoms with E-state index in [9.17, 15) is 4.79 Å². The smallest absolute Gasteiger partial charge is 0.185 e. The molecule has 7 heteroatoms. The average Bonchev–Trinajstić information content (AvgIpc) is 3.54. The van der Waals surface area contributed by atoms with Crippen molar-refractivity contribution in [1.29, 1.82) is 0 Å². The Bertz CT molecular complexity index is 1470. The van der Waals surface area contributed by atoms with Crippen molar-refractivity contribution in [2.45, 2.75) is 20.0 Å². The molecule has 2 aromatic heterocycles. The molecule has 0 unspecified atom stereocenters. The third-order valence-corrected chi connectivity index (χ3v) is 5.65. The molecule has 168 valence electrons. The summed E-state index contributed by atoms with van der Waals surface area (Å²) in [6.45, 7) is 2.22. The molecule has 0 saturated carbocycles. The highest BCUT2D eigenvalue weighted by atomic mass is 35.5. The first kappa shape index (κ1) is 21.8. The summed E-state index contributed by atoms with van der Waals surface area (Å²) >= 11 is 6.20. The first-order valence-electron chi connectivity index (χ1n) is 10.9. The highest BCUT2D eigenvalue weighted by molar-refractivity contribution is 6.31. The highest BCUT2D eigenvalue weighted by Gasteiger charge is 2.10. The van der Waals surface area contributed by atoms with Gasteiger partial charge in [-0.25, -0.2) is 4.68 Å². The van der Waals surface area contributed by atoms with E-state index < -0.39 is 0 Å². The number of ketones is 1. The number of carbonyl (C=O) groups is 1. The summed E-state index contributed by atoms with van der Waals surface area (Å²) in [4.78, 5) is 16.7. The Morgan fingerprint density at radius 2 is 2.03 bits per heavy atom. The summed E-state index contributed by atoms with van der Waals surface area (Å²) in [5.41, 5.74) is 4.94. The van der Waals surface area contributed by atoms with Crippen LogP contribution in [0.4, 0.5) is 0 Å². The van der Waals surface area contributed by atoms with E-state index in [-0.39, 0.29) is 12.4 Å². The lowest BCUT2D eigenvalue weighted by Gasteiger charge is -2.07. The van der Waals surface area contributed by atoms with Crippen molar-refractivity contribution in [3.05, 3.63) is 107 Å². The lowest BCUT2D eigenvalue weighted by atomic mass is 10.1. The summed E-state index contributed by atoms with van der Waals surface area (Å²) in [6.07, 6.45) is 11.8. The number of hydrogen-bond acceptors (Lipinski definition) is 5. The highest BCUT2D eigenvalue weighted by Crippen LogP contribution is 2.25. The zero-order valence-corrected chi connectivity index (χ0v) is 19.2. The minimum absolute atomic E-state index is 0.0107. The Labute approximate surface area is 201 Å². The van der Waals surface area contributed by atoms with Crippen LogP contribution in [-0.2, 0) is 11.4 Å². The number of allylic oxidation sites excluding steroid dienone is 5. The van der Waals surface area contributed by atoms with Crippen molar-refractivity contribution in [3.63, 3.8) is 0 Å². The fraction of sp³-hybridized carbons (Fsp3) is 0.111. The molecular weight excluding hydrogens is 448 g/mol. The van der Waals surface area contributed by atoms with E-state index in [1.165, 1.54) is 0 Å². The number of pyridine rings is 1. The van der Waals surface area contributed by atoms with E-state index in [0.717, 1.165) is 39.8 Å². The van der Waals surface area contributed by atoms with Crippen molar-refractivity contribution in [1.82, 2.24) is 20.0 Å². The second kappa shape index (κ2) is 9.45. The van der Waals surface area contributed by atoms with Crippen LogP contribution in [0, 0.1) is 6.92 Å². The van der Waals surface area contributed by atoms with Crippen LogP contribution in [0.1, 0.15) is 23.4 Å². The van der Waals surface area contributed by atoms with Crippen LogP contribution in [0.3, 0.4) is 0 Å². The Morgan fingerprint density at radius 3 is 2.82 bits per heavy atom. The van der Waals surface area contributed by atoms with E-state index in [1.807, 2.05) is 79.9 Å². The maximum atomic E-state index is 12.1. The number of carbonyl (C=O) groups excluding carboxylic acids is 1. The standard InChI is InChI=1S/C27H21ClN4O2/c1-18-14-26(24-15-21(28)9-12-25(24)29-18)32-16-22(30-31-32)17-34-23-10-6-19(7-11-23)8-13-27(33)20-4-2-3-5-20/h2,4-16H,3,17H2,1H3/b13-8+. The minimum Gasteiger partial charge on any atom is -0.487 e. The van der Waals surface area contributed by atoms with E-state index in [2.05, 4.69) is 15.3 Å².